The van der Waals surface area contributed by atoms with Crippen LogP contribution in [-0.2, 0) is 23.0 Å². The predicted octanol–water partition coefficient (Wildman–Crippen LogP) is 3.49. The van der Waals surface area contributed by atoms with Crippen LogP contribution in [-0.4, -0.2) is 23.7 Å². The van der Waals surface area contributed by atoms with Gasteiger partial charge in [0.2, 0.25) is 0 Å². The second-order valence-corrected chi connectivity index (χ2v) is 7.26. The van der Waals surface area contributed by atoms with Crippen LogP contribution in [0.5, 0.6) is 0 Å². The first-order valence-electron chi connectivity index (χ1n) is 9.10. The highest BCUT2D eigenvalue weighted by atomic mass is 16.5. The number of benzene rings is 1. The Kier molecular flexibility index (Phi) is 4.09. The molecule has 24 heavy (non-hydrogen) atoms. The summed E-state index contributed by atoms with van der Waals surface area (Å²) in [6, 6.07) is 8.56. The fourth-order valence-electron chi connectivity index (χ4n) is 4.78. The maximum absolute atomic E-state index is 12.3. The summed E-state index contributed by atoms with van der Waals surface area (Å²) >= 11 is 0. The van der Waals surface area contributed by atoms with Crippen molar-refractivity contribution in [2.45, 2.75) is 50.6 Å². The lowest BCUT2D eigenvalue weighted by Gasteiger charge is -2.37. The van der Waals surface area contributed by atoms with Crippen LogP contribution in [0.25, 0.3) is 10.9 Å². The zero-order valence-corrected chi connectivity index (χ0v) is 14.5. The van der Waals surface area contributed by atoms with E-state index in [9.17, 15) is 4.79 Å². The molecule has 1 N–H and O–H groups in total. The maximum atomic E-state index is 12.3. The van der Waals surface area contributed by atoms with E-state index in [0.717, 1.165) is 0 Å². The number of hydrogen-bond acceptors (Lipinski definition) is 3. The van der Waals surface area contributed by atoms with Gasteiger partial charge < -0.3 is 9.30 Å². The number of nitrogens with zero attached hydrogens (tertiary/aromatic N) is 1. The molecular formula is C20H26N2O2. The number of carbonyl (C=O) groups is 1. The molecule has 2 aromatic rings. The number of carbonyl (C=O) groups excluding carboxylic acids is 1. The Hall–Kier alpha value is -1.81. The van der Waals surface area contributed by atoms with Crippen LogP contribution in [0.2, 0.25) is 0 Å². The molecule has 4 rings (SSSR count). The summed E-state index contributed by atoms with van der Waals surface area (Å²) in [5.41, 5.74) is 3.97. The SMILES string of the molecule is COC(=O)[C@H]1Cc2c(n(C)c3ccccc23)[C@H](C2CCCCC2)N1. The highest BCUT2D eigenvalue weighted by Gasteiger charge is 2.38. The summed E-state index contributed by atoms with van der Waals surface area (Å²) in [7, 11) is 3.65. The molecule has 4 nitrogen and oxygen atoms in total. The minimum Gasteiger partial charge on any atom is -0.468 e. The molecule has 0 unspecified atom stereocenters. The highest BCUT2D eigenvalue weighted by Crippen LogP contribution is 2.41. The Balaban J connectivity index is 1.83. The second kappa shape index (κ2) is 6.25. The van der Waals surface area contributed by atoms with Crippen LogP contribution in [0.3, 0.4) is 0 Å². The molecule has 128 valence electrons. The molecular weight excluding hydrogens is 300 g/mol. The number of methoxy groups -OCH3 is 1. The third kappa shape index (κ3) is 2.44. The van der Waals surface area contributed by atoms with E-state index < -0.39 is 0 Å². The number of esters is 1. The van der Waals surface area contributed by atoms with Crippen molar-refractivity contribution in [2.75, 3.05) is 7.11 Å². The lowest BCUT2D eigenvalue weighted by molar-refractivity contribution is -0.143. The fourth-order valence-corrected chi connectivity index (χ4v) is 4.78. The van der Waals surface area contributed by atoms with Gasteiger partial charge in [0.15, 0.2) is 0 Å². The van der Waals surface area contributed by atoms with Crippen LogP contribution >= 0.6 is 0 Å². The molecule has 4 heteroatoms. The van der Waals surface area contributed by atoms with Crippen LogP contribution in [0.1, 0.15) is 49.4 Å². The van der Waals surface area contributed by atoms with Crippen molar-refractivity contribution in [3.05, 3.63) is 35.5 Å². The average molecular weight is 326 g/mol. The smallest absolute Gasteiger partial charge is 0.323 e. The fraction of sp³-hybridized carbons (Fsp3) is 0.550. The molecule has 0 spiro atoms. The minimum absolute atomic E-state index is 0.144. The lowest BCUT2D eigenvalue weighted by atomic mass is 9.79. The molecule has 1 saturated carbocycles. The summed E-state index contributed by atoms with van der Waals surface area (Å²) in [5, 5.41) is 4.92. The normalized spacial score (nSPS) is 24.8. The Labute approximate surface area is 143 Å². The van der Waals surface area contributed by atoms with Gasteiger partial charge in [-0.15, -0.1) is 0 Å². The number of rotatable bonds is 2. The molecule has 1 fully saturated rings. The molecule has 0 amide bonds. The number of nitrogens with one attached hydrogen (secondary N) is 1. The standard InChI is InChI=1S/C20H26N2O2/c1-22-17-11-7-6-10-14(17)15-12-16(20(23)24-2)21-18(19(15)22)13-8-4-3-5-9-13/h6-7,10-11,13,16,18,21H,3-5,8-9,12H2,1-2H3/t16-,18+/m1/s1. The van der Waals surface area contributed by atoms with Crippen LogP contribution < -0.4 is 5.32 Å². The van der Waals surface area contributed by atoms with Gasteiger partial charge in [-0.25, -0.2) is 0 Å². The largest absolute Gasteiger partial charge is 0.468 e. The van der Waals surface area contributed by atoms with E-state index in [-0.39, 0.29) is 18.1 Å². The Bertz CT molecular complexity index is 758. The van der Waals surface area contributed by atoms with Gasteiger partial charge in [0.05, 0.1) is 13.2 Å². The molecule has 0 saturated heterocycles. The van der Waals surface area contributed by atoms with E-state index in [2.05, 4.69) is 41.2 Å². The molecule has 1 aliphatic carbocycles. The molecule has 1 aliphatic heterocycles. The van der Waals surface area contributed by atoms with E-state index in [4.69, 9.17) is 4.74 Å². The van der Waals surface area contributed by atoms with Crippen molar-refractivity contribution in [1.82, 2.24) is 9.88 Å². The van der Waals surface area contributed by atoms with E-state index in [1.165, 1.54) is 61.4 Å². The third-order valence-corrected chi connectivity index (χ3v) is 5.95. The van der Waals surface area contributed by atoms with Gasteiger partial charge in [0, 0.05) is 30.1 Å². The summed E-state index contributed by atoms with van der Waals surface area (Å²) < 4.78 is 7.39. The van der Waals surface area contributed by atoms with Crippen LogP contribution in [0, 0.1) is 5.92 Å². The molecule has 1 aromatic carbocycles. The van der Waals surface area contributed by atoms with Gasteiger partial charge in [-0.1, -0.05) is 37.5 Å². The molecule has 2 atom stereocenters. The van der Waals surface area contributed by atoms with Crippen LogP contribution in [0.15, 0.2) is 24.3 Å². The number of aryl methyl sites for hydroxylation is 1. The van der Waals surface area contributed by atoms with E-state index >= 15 is 0 Å². The van der Waals surface area contributed by atoms with Gasteiger partial charge in [-0.2, -0.15) is 0 Å². The third-order valence-electron chi connectivity index (χ3n) is 5.95. The molecule has 2 aliphatic rings. The van der Waals surface area contributed by atoms with Gasteiger partial charge in [-0.3, -0.25) is 10.1 Å². The summed E-state index contributed by atoms with van der Waals surface area (Å²) in [6.07, 6.45) is 7.13. The average Bonchev–Trinajstić information content (AvgIpc) is 2.94. The molecule has 0 bridgehead atoms. The lowest BCUT2D eigenvalue weighted by Crippen LogP contribution is -2.48. The number of fused-ring (bicyclic) bond motifs is 3. The number of aromatic nitrogens is 1. The summed E-state index contributed by atoms with van der Waals surface area (Å²) in [4.78, 5) is 12.3. The molecule has 2 heterocycles. The zero-order valence-electron chi connectivity index (χ0n) is 14.5. The minimum atomic E-state index is -0.236. The van der Waals surface area contributed by atoms with Crippen molar-refractivity contribution >= 4 is 16.9 Å². The molecule has 1 aromatic heterocycles. The van der Waals surface area contributed by atoms with Gasteiger partial charge in [0.1, 0.15) is 6.04 Å². The number of ether oxygens (including phenoxy) is 1. The van der Waals surface area contributed by atoms with Crippen LogP contribution in [0.4, 0.5) is 0 Å². The highest BCUT2D eigenvalue weighted by molar-refractivity contribution is 5.87. The first-order valence-corrected chi connectivity index (χ1v) is 9.10. The van der Waals surface area contributed by atoms with E-state index in [1.54, 1.807) is 0 Å². The Morgan fingerprint density at radius 2 is 1.96 bits per heavy atom. The summed E-state index contributed by atoms with van der Waals surface area (Å²) in [5.74, 6) is 0.461. The van der Waals surface area contributed by atoms with Crippen molar-refractivity contribution in [3.8, 4) is 0 Å². The monoisotopic (exact) mass is 326 g/mol. The van der Waals surface area contributed by atoms with E-state index in [0.29, 0.717) is 12.3 Å². The topological polar surface area (TPSA) is 43.3 Å². The Morgan fingerprint density at radius 3 is 2.71 bits per heavy atom. The van der Waals surface area contributed by atoms with E-state index in [1.807, 2.05) is 0 Å². The maximum Gasteiger partial charge on any atom is 0.323 e. The summed E-state index contributed by atoms with van der Waals surface area (Å²) in [6.45, 7) is 0. The first kappa shape index (κ1) is 15.7. The Morgan fingerprint density at radius 1 is 1.21 bits per heavy atom. The van der Waals surface area contributed by atoms with Crippen molar-refractivity contribution in [2.24, 2.45) is 13.0 Å². The van der Waals surface area contributed by atoms with Gasteiger partial charge in [0.25, 0.3) is 0 Å². The van der Waals surface area contributed by atoms with Crippen molar-refractivity contribution < 1.29 is 9.53 Å². The second-order valence-electron chi connectivity index (χ2n) is 7.26. The van der Waals surface area contributed by atoms with Crippen molar-refractivity contribution in [1.29, 1.82) is 0 Å². The van der Waals surface area contributed by atoms with Gasteiger partial charge in [-0.05, 0) is 30.4 Å². The zero-order chi connectivity index (χ0) is 16.7. The number of hydrogen-bond donors (Lipinski definition) is 1. The number of para-hydroxylation sites is 1. The van der Waals surface area contributed by atoms with Gasteiger partial charge >= 0.3 is 5.97 Å². The quantitative estimate of drug-likeness (QED) is 0.859. The first-order chi connectivity index (χ1) is 11.7. The van der Waals surface area contributed by atoms with Crippen molar-refractivity contribution in [3.63, 3.8) is 0 Å². The molecule has 0 radical (unpaired) electrons. The predicted molar refractivity (Wildman–Crippen MR) is 94.9 cm³/mol.